The predicted octanol–water partition coefficient (Wildman–Crippen LogP) is 0.968. The molecule has 130 valence electrons. The van der Waals surface area contributed by atoms with Gasteiger partial charge in [0.15, 0.2) is 0 Å². The van der Waals surface area contributed by atoms with Crippen molar-refractivity contribution in [2.45, 2.75) is 6.92 Å². The largest absolute Gasteiger partial charge is 0.481 e. The van der Waals surface area contributed by atoms with E-state index >= 15 is 0 Å². The van der Waals surface area contributed by atoms with E-state index in [0.717, 1.165) is 0 Å². The van der Waals surface area contributed by atoms with Gasteiger partial charge >= 0.3 is 5.97 Å². The van der Waals surface area contributed by atoms with Gasteiger partial charge in [-0.3, -0.25) is 19.7 Å². The molecule has 25 heavy (non-hydrogen) atoms. The Morgan fingerprint density at radius 1 is 1.36 bits per heavy atom. The number of amides is 1. The summed E-state index contributed by atoms with van der Waals surface area (Å²) in [5.74, 6) is -2.18. The zero-order valence-electron chi connectivity index (χ0n) is 13.3. The second kappa shape index (κ2) is 6.30. The number of hydrogen-bond acceptors (Lipinski definition) is 6. The van der Waals surface area contributed by atoms with E-state index in [9.17, 15) is 19.7 Å². The van der Waals surface area contributed by atoms with Crippen LogP contribution in [0.1, 0.15) is 17.3 Å². The third kappa shape index (κ3) is 3.05. The van der Waals surface area contributed by atoms with Crippen molar-refractivity contribution in [3.63, 3.8) is 0 Å². The molecule has 1 aromatic carbocycles. The van der Waals surface area contributed by atoms with Crippen LogP contribution in [0.3, 0.4) is 0 Å². The molecule has 1 aliphatic rings. The normalized spacial score (nSPS) is 19.8. The minimum atomic E-state index is -0.949. The molecule has 10 heteroatoms. The van der Waals surface area contributed by atoms with E-state index in [0.29, 0.717) is 6.54 Å². The average molecular weight is 345 g/mol. The lowest BCUT2D eigenvalue weighted by molar-refractivity contribution is -0.384. The Balaban J connectivity index is 1.91. The number of benzene rings is 1. The molecule has 0 aliphatic carbocycles. The summed E-state index contributed by atoms with van der Waals surface area (Å²) in [6.45, 7) is 2.16. The van der Waals surface area contributed by atoms with Crippen LogP contribution in [0.4, 0.5) is 5.69 Å². The molecule has 2 aromatic rings. The first-order valence-corrected chi connectivity index (χ1v) is 7.54. The van der Waals surface area contributed by atoms with Crippen LogP contribution in [0.5, 0.6) is 0 Å². The van der Waals surface area contributed by atoms with Gasteiger partial charge in [-0.2, -0.15) is 5.10 Å². The Bertz CT molecular complexity index is 835. The molecule has 0 bridgehead atoms. The number of nitro benzene ring substituents is 1. The molecule has 0 saturated carbocycles. The summed E-state index contributed by atoms with van der Waals surface area (Å²) in [7, 11) is 0. The molecule has 2 atom stereocenters. The van der Waals surface area contributed by atoms with Crippen molar-refractivity contribution >= 4 is 17.6 Å². The highest BCUT2D eigenvalue weighted by molar-refractivity contribution is 5.96. The van der Waals surface area contributed by atoms with E-state index in [1.807, 2.05) is 0 Å². The van der Waals surface area contributed by atoms with Crippen LogP contribution in [-0.4, -0.2) is 54.7 Å². The molecular formula is C15H15N5O5. The van der Waals surface area contributed by atoms with Crippen molar-refractivity contribution in [3.8, 4) is 5.69 Å². The van der Waals surface area contributed by atoms with E-state index in [1.54, 1.807) is 6.92 Å². The van der Waals surface area contributed by atoms with E-state index < -0.39 is 22.7 Å². The molecule has 0 spiro atoms. The smallest absolute Gasteiger partial charge is 0.308 e. The first-order valence-electron chi connectivity index (χ1n) is 7.54. The van der Waals surface area contributed by atoms with Gasteiger partial charge in [0.2, 0.25) is 0 Å². The lowest BCUT2D eigenvalue weighted by atomic mass is 9.99. The molecule has 0 unspecified atom stereocenters. The number of aromatic nitrogens is 3. The summed E-state index contributed by atoms with van der Waals surface area (Å²) in [5, 5.41) is 24.4. The standard InChI is InChI=1S/C15H15N5O5/c1-9-5-18(6-11(9)15(22)23)14(21)10-2-3-12(13(4-10)20(24)25)19-8-16-7-17-19/h2-4,7-9,11H,5-6H2,1H3,(H,22,23)/t9-,11-/m1/s1. The Morgan fingerprint density at radius 2 is 2.12 bits per heavy atom. The van der Waals surface area contributed by atoms with Crippen LogP contribution in [-0.2, 0) is 4.79 Å². The Hall–Kier alpha value is -3.30. The molecule has 1 aliphatic heterocycles. The SMILES string of the molecule is C[C@@H]1CN(C(=O)c2ccc(-n3cncn3)c([N+](=O)[O-])c2)C[C@H]1C(=O)O. The zero-order valence-corrected chi connectivity index (χ0v) is 13.3. The fraction of sp³-hybridized carbons (Fsp3) is 0.333. The number of aliphatic carboxylic acids is 1. The van der Waals surface area contributed by atoms with Gasteiger partial charge in [0.25, 0.3) is 11.6 Å². The fourth-order valence-corrected chi connectivity index (χ4v) is 2.97. The summed E-state index contributed by atoms with van der Waals surface area (Å²) in [4.78, 5) is 39.7. The number of likely N-dealkylation sites (tertiary alicyclic amines) is 1. The highest BCUT2D eigenvalue weighted by Crippen LogP contribution is 2.28. The molecule has 10 nitrogen and oxygen atoms in total. The van der Waals surface area contributed by atoms with E-state index in [4.69, 9.17) is 5.11 Å². The van der Waals surface area contributed by atoms with Crippen LogP contribution in [0.25, 0.3) is 5.69 Å². The topological polar surface area (TPSA) is 131 Å². The van der Waals surface area contributed by atoms with Gasteiger partial charge in [-0.25, -0.2) is 9.67 Å². The molecular weight excluding hydrogens is 330 g/mol. The maximum atomic E-state index is 12.6. The molecule has 1 fully saturated rings. The fourth-order valence-electron chi connectivity index (χ4n) is 2.97. The summed E-state index contributed by atoms with van der Waals surface area (Å²) >= 11 is 0. The minimum Gasteiger partial charge on any atom is -0.481 e. The van der Waals surface area contributed by atoms with Crippen LogP contribution in [0.2, 0.25) is 0 Å². The van der Waals surface area contributed by atoms with Crippen LogP contribution < -0.4 is 0 Å². The van der Waals surface area contributed by atoms with E-state index in [-0.39, 0.29) is 29.4 Å². The van der Waals surface area contributed by atoms with Crippen LogP contribution in [0.15, 0.2) is 30.9 Å². The highest BCUT2D eigenvalue weighted by atomic mass is 16.6. The van der Waals surface area contributed by atoms with Crippen molar-refractivity contribution < 1.29 is 19.6 Å². The van der Waals surface area contributed by atoms with Gasteiger partial charge in [0, 0.05) is 24.7 Å². The van der Waals surface area contributed by atoms with Crippen molar-refractivity contribution in [1.82, 2.24) is 19.7 Å². The lowest BCUT2D eigenvalue weighted by Gasteiger charge is -2.16. The van der Waals surface area contributed by atoms with Crippen LogP contribution in [0, 0.1) is 22.0 Å². The summed E-state index contributed by atoms with van der Waals surface area (Å²) in [5.41, 5.74) is 0.0458. The van der Waals surface area contributed by atoms with Crippen molar-refractivity contribution in [2.24, 2.45) is 11.8 Å². The maximum Gasteiger partial charge on any atom is 0.308 e. The van der Waals surface area contributed by atoms with Gasteiger partial charge in [0.1, 0.15) is 18.3 Å². The second-order valence-electron chi connectivity index (χ2n) is 5.93. The summed E-state index contributed by atoms with van der Waals surface area (Å²) in [6, 6.07) is 4.07. The summed E-state index contributed by atoms with van der Waals surface area (Å²) in [6.07, 6.45) is 2.57. The Labute approximate surface area is 141 Å². The number of carbonyl (C=O) groups is 2. The lowest BCUT2D eigenvalue weighted by Crippen LogP contribution is -2.30. The van der Waals surface area contributed by atoms with Gasteiger partial charge in [0.05, 0.1) is 10.8 Å². The molecule has 2 heterocycles. The number of nitrogens with zero attached hydrogens (tertiary/aromatic N) is 5. The first kappa shape index (κ1) is 16.6. The van der Waals surface area contributed by atoms with Crippen molar-refractivity contribution in [3.05, 3.63) is 46.5 Å². The minimum absolute atomic E-state index is 0.0912. The number of rotatable bonds is 4. The predicted molar refractivity (Wildman–Crippen MR) is 84.2 cm³/mol. The Morgan fingerprint density at radius 3 is 2.68 bits per heavy atom. The monoisotopic (exact) mass is 345 g/mol. The molecule has 1 saturated heterocycles. The number of nitro groups is 1. The van der Waals surface area contributed by atoms with Crippen LogP contribution >= 0.6 is 0 Å². The maximum absolute atomic E-state index is 12.6. The van der Waals surface area contributed by atoms with Gasteiger partial charge in [-0.15, -0.1) is 0 Å². The van der Waals surface area contributed by atoms with Crippen molar-refractivity contribution in [2.75, 3.05) is 13.1 Å². The number of carboxylic acid groups (broad SMARTS) is 1. The van der Waals surface area contributed by atoms with Crippen molar-refractivity contribution in [1.29, 1.82) is 0 Å². The molecule has 0 radical (unpaired) electrons. The number of hydrogen-bond donors (Lipinski definition) is 1. The van der Waals surface area contributed by atoms with Gasteiger partial charge in [-0.05, 0) is 18.1 Å². The highest BCUT2D eigenvalue weighted by Gasteiger charge is 2.37. The van der Waals surface area contributed by atoms with E-state index in [1.165, 1.54) is 40.4 Å². The summed E-state index contributed by atoms with van der Waals surface area (Å²) < 4.78 is 1.24. The second-order valence-corrected chi connectivity index (χ2v) is 5.93. The third-order valence-corrected chi connectivity index (χ3v) is 4.30. The van der Waals surface area contributed by atoms with Gasteiger partial charge in [-0.1, -0.05) is 6.92 Å². The number of carbonyl (C=O) groups excluding carboxylic acids is 1. The molecule has 3 rings (SSSR count). The third-order valence-electron chi connectivity index (χ3n) is 4.30. The van der Waals surface area contributed by atoms with Gasteiger partial charge < -0.3 is 10.0 Å². The molecule has 1 amide bonds. The number of carboxylic acids is 1. The average Bonchev–Trinajstić information content (AvgIpc) is 3.23. The first-order chi connectivity index (χ1) is 11.9. The van der Waals surface area contributed by atoms with E-state index in [2.05, 4.69) is 10.1 Å². The zero-order chi connectivity index (χ0) is 18.1. The molecule has 1 N–H and O–H groups in total. The quantitative estimate of drug-likeness (QED) is 0.645. The molecule has 1 aromatic heterocycles. The Kier molecular flexibility index (Phi) is 4.17.